The van der Waals surface area contributed by atoms with Crippen LogP contribution in [0.3, 0.4) is 0 Å². The normalized spacial score (nSPS) is 23.5. The second-order valence-electron chi connectivity index (χ2n) is 8.49. The number of amides is 1. The van der Waals surface area contributed by atoms with Crippen molar-refractivity contribution >= 4 is 23.0 Å². The van der Waals surface area contributed by atoms with Crippen LogP contribution in [0.2, 0.25) is 0 Å². The number of carbonyl (C=O) groups excluding carboxylic acids is 1. The fraction of sp³-hybridized carbons (Fsp3) is 0.348. The second kappa shape index (κ2) is 6.15. The Kier molecular flexibility index (Phi) is 3.62. The molecule has 1 amide bonds. The monoisotopic (exact) mass is 404 g/mol. The molecule has 1 saturated carbocycles. The topological polar surface area (TPSA) is 97.6 Å². The predicted molar refractivity (Wildman–Crippen MR) is 109 cm³/mol. The Morgan fingerprint density at radius 3 is 2.77 bits per heavy atom. The third kappa shape index (κ3) is 2.51. The lowest BCUT2D eigenvalue weighted by Gasteiger charge is -2.32. The maximum atomic E-state index is 12.5. The number of pyridine rings is 1. The summed E-state index contributed by atoms with van der Waals surface area (Å²) in [6, 6.07) is 7.47. The van der Waals surface area contributed by atoms with E-state index in [2.05, 4.69) is 5.32 Å². The summed E-state index contributed by atoms with van der Waals surface area (Å²) in [6.07, 6.45) is 4.71. The van der Waals surface area contributed by atoms with E-state index in [9.17, 15) is 19.5 Å². The summed E-state index contributed by atoms with van der Waals surface area (Å²) in [5, 5.41) is 12.4. The molecule has 152 valence electrons. The number of fused-ring (bicyclic) bond motifs is 7. The lowest BCUT2D eigenvalue weighted by Crippen LogP contribution is -2.31. The highest BCUT2D eigenvalue weighted by Crippen LogP contribution is 2.50. The van der Waals surface area contributed by atoms with Crippen LogP contribution in [-0.4, -0.2) is 40.3 Å². The van der Waals surface area contributed by atoms with Crippen molar-refractivity contribution in [1.82, 2.24) is 9.88 Å². The van der Waals surface area contributed by atoms with Gasteiger partial charge in [0.25, 0.3) is 5.91 Å². The summed E-state index contributed by atoms with van der Waals surface area (Å²) in [4.78, 5) is 36.4. The van der Waals surface area contributed by atoms with Gasteiger partial charge in [-0.05, 0) is 53.7 Å². The van der Waals surface area contributed by atoms with Crippen LogP contribution >= 0.6 is 0 Å². The van der Waals surface area contributed by atoms with E-state index in [1.165, 1.54) is 12.3 Å². The molecular weight excluding hydrogens is 384 g/mol. The molecule has 2 N–H and O–H groups in total. The van der Waals surface area contributed by atoms with E-state index < -0.39 is 11.4 Å². The van der Waals surface area contributed by atoms with Crippen molar-refractivity contribution in [2.24, 2.45) is 0 Å². The molecule has 1 aromatic heterocycles. The van der Waals surface area contributed by atoms with Crippen molar-refractivity contribution < 1.29 is 19.4 Å². The first-order valence-corrected chi connectivity index (χ1v) is 10.3. The van der Waals surface area contributed by atoms with Gasteiger partial charge in [0.1, 0.15) is 11.7 Å². The average molecular weight is 404 g/mol. The van der Waals surface area contributed by atoms with Gasteiger partial charge in [-0.25, -0.2) is 4.79 Å². The fourth-order valence-electron chi connectivity index (χ4n) is 5.01. The van der Waals surface area contributed by atoms with Gasteiger partial charge in [0.05, 0.1) is 6.04 Å². The number of rotatable bonds is 3. The third-order valence-corrected chi connectivity index (χ3v) is 6.58. The first kappa shape index (κ1) is 17.7. The minimum Gasteiger partial charge on any atom is -0.477 e. The van der Waals surface area contributed by atoms with Crippen LogP contribution in [0.5, 0.6) is 0 Å². The van der Waals surface area contributed by atoms with Gasteiger partial charge in [0.2, 0.25) is 0 Å². The lowest BCUT2D eigenvalue weighted by molar-refractivity contribution is 0.0693. The molecule has 0 unspecified atom stereocenters. The van der Waals surface area contributed by atoms with Crippen molar-refractivity contribution in [3.8, 4) is 0 Å². The first-order chi connectivity index (χ1) is 14.5. The average Bonchev–Trinajstić information content (AvgIpc) is 3.25. The zero-order valence-electron chi connectivity index (χ0n) is 16.2. The van der Waals surface area contributed by atoms with Gasteiger partial charge in [0.15, 0.2) is 5.43 Å². The molecule has 1 saturated heterocycles. The highest BCUT2D eigenvalue weighted by molar-refractivity contribution is 6.02. The second-order valence-corrected chi connectivity index (χ2v) is 8.49. The van der Waals surface area contributed by atoms with E-state index in [0.717, 1.165) is 47.2 Å². The van der Waals surface area contributed by atoms with Gasteiger partial charge < -0.3 is 19.7 Å². The number of hydrogen-bond donors (Lipinski definition) is 2. The van der Waals surface area contributed by atoms with E-state index in [1.54, 1.807) is 0 Å². The zero-order valence-corrected chi connectivity index (χ0v) is 16.2. The van der Waals surface area contributed by atoms with Crippen LogP contribution in [0.4, 0.5) is 0 Å². The number of aromatic nitrogens is 1. The fourth-order valence-corrected chi connectivity index (χ4v) is 5.01. The lowest BCUT2D eigenvalue weighted by atomic mass is 9.89. The van der Waals surface area contributed by atoms with Crippen LogP contribution in [0, 0.1) is 0 Å². The summed E-state index contributed by atoms with van der Waals surface area (Å²) < 4.78 is 7.98. The summed E-state index contributed by atoms with van der Waals surface area (Å²) >= 11 is 0. The molecule has 7 heteroatoms. The number of carbonyl (C=O) groups is 2. The molecule has 2 fully saturated rings. The Bertz CT molecular complexity index is 1220. The van der Waals surface area contributed by atoms with Gasteiger partial charge in [-0.3, -0.25) is 9.59 Å². The molecule has 2 atom stereocenters. The molecule has 0 radical (unpaired) electrons. The standard InChI is InChI=1S/C23H20N2O5/c26-19-9-18-15-8-12-7-11(22(27)24-13-2-3-13)1-4-14(12)20(15)21-17(5-6-30-21)25(18)10-16(19)23(28)29/h1,4,7,9-10,13,17,21H,2-3,5-6,8H2,(H,24,27)(H,28,29)/t17-,21+/m1/s1. The first-order valence-electron chi connectivity index (χ1n) is 10.3. The van der Waals surface area contributed by atoms with Gasteiger partial charge in [-0.15, -0.1) is 0 Å². The highest BCUT2D eigenvalue weighted by atomic mass is 16.5. The summed E-state index contributed by atoms with van der Waals surface area (Å²) in [6.45, 7) is 0.581. The Hall–Kier alpha value is -3.19. The summed E-state index contributed by atoms with van der Waals surface area (Å²) in [5.41, 5.74) is 4.86. The molecule has 0 bridgehead atoms. The quantitative estimate of drug-likeness (QED) is 0.818. The van der Waals surface area contributed by atoms with Gasteiger partial charge >= 0.3 is 5.97 Å². The van der Waals surface area contributed by atoms with Crippen LogP contribution in [0.25, 0.3) is 11.1 Å². The number of carboxylic acid groups (broad SMARTS) is 1. The Morgan fingerprint density at radius 1 is 1.17 bits per heavy atom. The molecule has 6 rings (SSSR count). The van der Waals surface area contributed by atoms with E-state index in [4.69, 9.17) is 4.74 Å². The Balaban J connectivity index is 1.46. The number of nitrogens with zero attached hydrogens (tertiary/aromatic N) is 1. The number of benzene rings is 1. The molecule has 1 aromatic carbocycles. The minimum absolute atomic E-state index is 0.0405. The van der Waals surface area contributed by atoms with E-state index in [-0.39, 0.29) is 23.6 Å². The van der Waals surface area contributed by atoms with Crippen LogP contribution in [-0.2, 0) is 11.2 Å². The van der Waals surface area contributed by atoms with Crippen LogP contribution in [0.1, 0.15) is 62.8 Å². The Labute approximate surface area is 172 Å². The third-order valence-electron chi connectivity index (χ3n) is 6.58. The van der Waals surface area contributed by atoms with Crippen LogP contribution in [0.15, 0.2) is 35.3 Å². The summed E-state index contributed by atoms with van der Waals surface area (Å²) in [5.74, 6) is -1.27. The molecular formula is C23H20N2O5. The molecule has 3 heterocycles. The maximum Gasteiger partial charge on any atom is 0.341 e. The van der Waals surface area contributed by atoms with Crippen molar-refractivity contribution in [3.05, 3.63) is 68.6 Å². The zero-order chi connectivity index (χ0) is 20.6. The van der Waals surface area contributed by atoms with Gasteiger partial charge in [0, 0.05) is 42.6 Å². The number of allylic oxidation sites excluding steroid dienone is 1. The molecule has 2 aromatic rings. The van der Waals surface area contributed by atoms with E-state index >= 15 is 0 Å². The molecule has 0 spiro atoms. The SMILES string of the molecule is O=C(NC1CC1)c1ccc2c(c1)CC1=C2[C@H]2OCC[C@H]2n2cc(C(=O)O)c(=O)cc21. The maximum absolute atomic E-state index is 12.5. The van der Waals surface area contributed by atoms with Crippen molar-refractivity contribution in [3.63, 3.8) is 0 Å². The molecule has 7 nitrogen and oxygen atoms in total. The largest absolute Gasteiger partial charge is 0.477 e. The highest BCUT2D eigenvalue weighted by Gasteiger charge is 2.43. The van der Waals surface area contributed by atoms with Gasteiger partial charge in [-0.1, -0.05) is 6.07 Å². The number of nitrogens with one attached hydrogen (secondary N) is 1. The molecule has 2 aliphatic carbocycles. The van der Waals surface area contributed by atoms with Gasteiger partial charge in [-0.2, -0.15) is 0 Å². The molecule has 30 heavy (non-hydrogen) atoms. The molecule has 4 aliphatic rings. The summed E-state index contributed by atoms with van der Waals surface area (Å²) in [7, 11) is 0. The van der Waals surface area contributed by atoms with E-state index in [1.807, 2.05) is 22.8 Å². The minimum atomic E-state index is -1.22. The Morgan fingerprint density at radius 2 is 2.00 bits per heavy atom. The predicted octanol–water partition coefficient (Wildman–Crippen LogP) is 2.25. The molecule has 2 aliphatic heterocycles. The smallest absolute Gasteiger partial charge is 0.341 e. The number of aromatic carboxylic acids is 1. The number of ether oxygens (including phenoxy) is 1. The van der Waals surface area contributed by atoms with E-state index in [0.29, 0.717) is 24.6 Å². The van der Waals surface area contributed by atoms with Crippen molar-refractivity contribution in [2.45, 2.75) is 43.9 Å². The number of hydrogen-bond acceptors (Lipinski definition) is 4. The van der Waals surface area contributed by atoms with Crippen LogP contribution < -0.4 is 10.7 Å². The number of carboxylic acids is 1. The van der Waals surface area contributed by atoms with Crippen molar-refractivity contribution in [2.75, 3.05) is 6.61 Å². The van der Waals surface area contributed by atoms with Crippen molar-refractivity contribution in [1.29, 1.82) is 0 Å².